The van der Waals surface area contributed by atoms with Crippen molar-refractivity contribution >= 4 is 0 Å². The van der Waals surface area contributed by atoms with Crippen molar-refractivity contribution in [2.75, 3.05) is 0 Å². The van der Waals surface area contributed by atoms with Crippen molar-refractivity contribution in [3.8, 4) is 28.0 Å². The Bertz CT molecular complexity index is 1490. The van der Waals surface area contributed by atoms with E-state index in [0.29, 0.717) is 17.7 Å². The third-order valence-corrected chi connectivity index (χ3v) is 5.58. The predicted octanol–water partition coefficient (Wildman–Crippen LogP) is 9.17. The second-order valence-corrected chi connectivity index (χ2v) is 8.23. The number of hydrogen-bond donors (Lipinski definition) is 0. The predicted molar refractivity (Wildman–Crippen MR) is 118 cm³/mol. The maximum atomic E-state index is 14.8. The van der Waals surface area contributed by atoms with Gasteiger partial charge in [0.1, 0.15) is 28.8 Å². The average molecular weight is 544 g/mol. The molecule has 0 heterocycles. The van der Waals surface area contributed by atoms with Crippen LogP contribution in [0.5, 0.6) is 5.75 Å². The summed E-state index contributed by atoms with van der Waals surface area (Å²) in [6, 6.07) is 10.4. The molecule has 0 aromatic heterocycles. The van der Waals surface area contributed by atoms with E-state index in [1.807, 2.05) is 0 Å². The lowest BCUT2D eigenvalue weighted by molar-refractivity contribution is -0.187. The molecule has 0 N–H and O–H groups in total. The van der Waals surface area contributed by atoms with Crippen LogP contribution in [0.3, 0.4) is 0 Å². The topological polar surface area (TPSA) is 9.23 Å². The minimum Gasteiger partial charge on any atom is -0.429 e. The SMILES string of the molecule is Cc1ccc(-c2ccc(-c3ccc(C(F)(F)Oc4cc(F)c(C(F)(F)F)c(F)c4)c(F)c3)c(F)c2F)cc1. The van der Waals surface area contributed by atoms with Crippen molar-refractivity contribution < 1.29 is 48.6 Å². The normalized spacial score (nSPS) is 12.1. The van der Waals surface area contributed by atoms with Crippen molar-refractivity contribution in [1.82, 2.24) is 0 Å². The molecule has 0 unspecified atom stereocenters. The van der Waals surface area contributed by atoms with E-state index in [0.717, 1.165) is 17.7 Å². The highest BCUT2D eigenvalue weighted by molar-refractivity contribution is 5.72. The highest BCUT2D eigenvalue weighted by Crippen LogP contribution is 2.40. The van der Waals surface area contributed by atoms with Crippen LogP contribution in [0, 0.1) is 36.0 Å². The van der Waals surface area contributed by atoms with E-state index in [1.165, 1.54) is 6.07 Å². The van der Waals surface area contributed by atoms with Gasteiger partial charge in [0.15, 0.2) is 11.6 Å². The first-order valence-electron chi connectivity index (χ1n) is 10.7. The van der Waals surface area contributed by atoms with Gasteiger partial charge in [0.25, 0.3) is 0 Å². The van der Waals surface area contributed by atoms with Gasteiger partial charge in [0.05, 0.1) is 5.56 Å². The summed E-state index contributed by atoms with van der Waals surface area (Å²) in [5.74, 6) is -10.1. The molecule has 0 aliphatic rings. The number of benzene rings is 4. The third kappa shape index (κ3) is 5.18. The Morgan fingerprint density at radius 3 is 1.58 bits per heavy atom. The first kappa shape index (κ1) is 27.0. The zero-order chi connectivity index (χ0) is 28.0. The molecule has 4 rings (SSSR count). The van der Waals surface area contributed by atoms with Crippen molar-refractivity contribution in [1.29, 1.82) is 0 Å². The zero-order valence-electron chi connectivity index (χ0n) is 19.0. The molecule has 0 spiro atoms. The van der Waals surface area contributed by atoms with Crippen LogP contribution in [0.25, 0.3) is 22.3 Å². The van der Waals surface area contributed by atoms with Gasteiger partial charge in [0, 0.05) is 23.3 Å². The molecule has 38 heavy (non-hydrogen) atoms. The van der Waals surface area contributed by atoms with E-state index in [1.54, 1.807) is 31.2 Å². The number of ether oxygens (including phenoxy) is 1. The number of alkyl halides is 5. The summed E-state index contributed by atoms with van der Waals surface area (Å²) in [6.45, 7) is 1.80. The first-order valence-corrected chi connectivity index (χ1v) is 10.7. The molecule has 0 radical (unpaired) electrons. The zero-order valence-corrected chi connectivity index (χ0v) is 19.0. The molecule has 1 nitrogen and oxygen atoms in total. The molecule has 0 aliphatic carbocycles. The molecule has 0 aliphatic heterocycles. The van der Waals surface area contributed by atoms with Gasteiger partial charge in [-0.25, -0.2) is 22.0 Å². The lowest BCUT2D eigenvalue weighted by atomic mass is 9.97. The Hall–Kier alpha value is -4.02. The highest BCUT2D eigenvalue weighted by atomic mass is 19.4. The van der Waals surface area contributed by atoms with Crippen molar-refractivity contribution in [2.45, 2.75) is 19.2 Å². The van der Waals surface area contributed by atoms with Gasteiger partial charge < -0.3 is 4.74 Å². The number of halogens is 10. The van der Waals surface area contributed by atoms with E-state index >= 15 is 0 Å². The van der Waals surface area contributed by atoms with Crippen LogP contribution >= 0.6 is 0 Å². The van der Waals surface area contributed by atoms with Crippen molar-refractivity contribution in [3.05, 3.63) is 113 Å². The second kappa shape index (κ2) is 9.70. The summed E-state index contributed by atoms with van der Waals surface area (Å²) in [5, 5.41) is 0. The molecule has 0 saturated carbocycles. The Kier molecular flexibility index (Phi) is 6.90. The smallest absolute Gasteiger partial charge is 0.429 e. The largest absolute Gasteiger partial charge is 0.429 e. The van der Waals surface area contributed by atoms with Gasteiger partial charge in [-0.3, -0.25) is 0 Å². The van der Waals surface area contributed by atoms with Gasteiger partial charge in [-0.2, -0.15) is 22.0 Å². The van der Waals surface area contributed by atoms with Crippen LogP contribution in [0.15, 0.2) is 66.7 Å². The van der Waals surface area contributed by atoms with Gasteiger partial charge in [-0.15, -0.1) is 0 Å². The molecule has 11 heteroatoms. The fraction of sp³-hybridized carbons (Fsp3) is 0.111. The Labute approximate surface area is 208 Å². The summed E-state index contributed by atoms with van der Waals surface area (Å²) >= 11 is 0. The minimum absolute atomic E-state index is 0.0840. The van der Waals surface area contributed by atoms with Crippen LogP contribution in [0.1, 0.15) is 16.7 Å². The molecular formula is C27H14F10O. The summed E-state index contributed by atoms with van der Waals surface area (Å²) in [6.07, 6.45) is -10.1. The van der Waals surface area contributed by atoms with Gasteiger partial charge >= 0.3 is 12.3 Å². The van der Waals surface area contributed by atoms with Crippen LogP contribution in [0.4, 0.5) is 43.9 Å². The number of hydrogen-bond acceptors (Lipinski definition) is 1. The van der Waals surface area contributed by atoms with E-state index in [9.17, 15) is 43.9 Å². The summed E-state index contributed by atoms with van der Waals surface area (Å²) in [5.41, 5.74) is -3.38. The second-order valence-electron chi connectivity index (χ2n) is 8.23. The van der Waals surface area contributed by atoms with Gasteiger partial charge in [-0.05, 0) is 30.2 Å². The average Bonchev–Trinajstić information content (AvgIpc) is 2.79. The fourth-order valence-corrected chi connectivity index (χ4v) is 3.73. The lowest BCUT2D eigenvalue weighted by Gasteiger charge is -2.20. The molecular weight excluding hydrogens is 530 g/mol. The molecule has 0 saturated heterocycles. The van der Waals surface area contributed by atoms with E-state index in [4.69, 9.17) is 0 Å². The van der Waals surface area contributed by atoms with Gasteiger partial charge in [0.2, 0.25) is 0 Å². The van der Waals surface area contributed by atoms with Crippen molar-refractivity contribution in [2.24, 2.45) is 0 Å². The molecule has 0 fully saturated rings. The summed E-state index contributed by atoms with van der Waals surface area (Å²) in [4.78, 5) is 0. The monoisotopic (exact) mass is 544 g/mol. The lowest BCUT2D eigenvalue weighted by Crippen LogP contribution is -2.24. The molecule has 0 bridgehead atoms. The molecule has 0 amide bonds. The number of aryl methyl sites for hydroxylation is 1. The first-order chi connectivity index (χ1) is 17.7. The molecule has 198 valence electrons. The highest BCUT2D eigenvalue weighted by Gasteiger charge is 2.41. The van der Waals surface area contributed by atoms with E-state index < -0.39 is 63.8 Å². The molecule has 4 aromatic rings. The standard InChI is InChI=1S/C27H14F10O/c1-13-2-4-14(5-3-13)17-7-8-18(25(32)24(17)31)15-6-9-19(20(28)10-15)27(36,37)38-16-11-21(29)23(22(30)12-16)26(33,34)35/h2-12H,1H3. The maximum Gasteiger partial charge on any atom is 0.429 e. The molecule has 0 atom stereocenters. The van der Waals surface area contributed by atoms with E-state index in [-0.39, 0.29) is 23.3 Å². The van der Waals surface area contributed by atoms with E-state index in [2.05, 4.69) is 4.74 Å². The third-order valence-electron chi connectivity index (χ3n) is 5.58. The van der Waals surface area contributed by atoms with Crippen LogP contribution in [-0.2, 0) is 12.3 Å². The number of rotatable bonds is 5. The Morgan fingerprint density at radius 2 is 1.08 bits per heavy atom. The van der Waals surface area contributed by atoms with Crippen molar-refractivity contribution in [3.63, 3.8) is 0 Å². The fourth-order valence-electron chi connectivity index (χ4n) is 3.73. The summed E-state index contributed by atoms with van der Waals surface area (Å²) in [7, 11) is 0. The van der Waals surface area contributed by atoms with Crippen LogP contribution in [-0.4, -0.2) is 0 Å². The Morgan fingerprint density at radius 1 is 0.579 bits per heavy atom. The van der Waals surface area contributed by atoms with Crippen LogP contribution < -0.4 is 4.74 Å². The molecule has 4 aromatic carbocycles. The quantitative estimate of drug-likeness (QED) is 0.228. The van der Waals surface area contributed by atoms with Gasteiger partial charge in [-0.1, -0.05) is 48.0 Å². The minimum atomic E-state index is -5.44. The van der Waals surface area contributed by atoms with Crippen LogP contribution in [0.2, 0.25) is 0 Å². The maximum absolute atomic E-state index is 14.8. The summed E-state index contributed by atoms with van der Waals surface area (Å²) < 4.78 is 143. The Balaban J connectivity index is 1.65.